The van der Waals surface area contributed by atoms with Crippen molar-refractivity contribution >= 4 is 46.7 Å². The fourth-order valence-corrected chi connectivity index (χ4v) is 4.17. The molecule has 1 unspecified atom stereocenters. The maximum atomic E-state index is 12.7. The van der Waals surface area contributed by atoms with E-state index >= 15 is 0 Å². The topological polar surface area (TPSA) is 271 Å². The number of alkyl carbamates (subject to hydrolysis) is 1. The number of carbonyl (C=O) groups is 4. The Hall–Kier alpha value is -5.40. The molecular weight excluding hydrogens is 670 g/mol. The standard InChI is InChI=1S/C32H45N9O10/c1-32(2,3)51-31(47)35-11-13-49-15-17-50-16-14-48-12-10-34-24(42)9-8-23(29(45)46)39-27(43)20-4-6-21(7-5-20)36-18-22-19-37-26-25(38-22)28(44)41-30(33)40-26/h4-7,19,23,36H,8-18H2,1-3H3,(H,34,42)(H,35,47)(H,39,43)(H,45,46)(H3,33,37,40,41,44). The predicted octanol–water partition coefficient (Wildman–Crippen LogP) is 0.974. The van der Waals surface area contributed by atoms with Gasteiger partial charge in [-0.2, -0.15) is 9.97 Å². The molecule has 278 valence electrons. The molecule has 8 N–H and O–H groups in total. The van der Waals surface area contributed by atoms with Gasteiger partial charge in [-0.1, -0.05) is 0 Å². The summed E-state index contributed by atoms with van der Waals surface area (Å²) >= 11 is 0. The second-order valence-electron chi connectivity index (χ2n) is 11.9. The molecule has 0 spiro atoms. The molecule has 0 bridgehead atoms. The van der Waals surface area contributed by atoms with Gasteiger partial charge < -0.3 is 56.2 Å². The van der Waals surface area contributed by atoms with Gasteiger partial charge in [0.25, 0.3) is 5.91 Å². The number of nitrogen functional groups attached to an aromatic ring is 1. The highest BCUT2D eigenvalue weighted by molar-refractivity contribution is 5.97. The molecule has 0 saturated carbocycles. The first-order valence-corrected chi connectivity index (χ1v) is 16.1. The van der Waals surface area contributed by atoms with Crippen LogP contribution in [-0.2, 0) is 35.1 Å². The summed E-state index contributed by atoms with van der Waals surface area (Å²) in [7, 11) is 0. The van der Waals surface area contributed by atoms with Crippen LogP contribution in [0.25, 0.3) is 11.2 Å². The average Bonchev–Trinajstić information content (AvgIpc) is 3.07. The van der Waals surface area contributed by atoms with Crippen LogP contribution in [0.5, 0.6) is 5.88 Å². The van der Waals surface area contributed by atoms with E-state index in [0.29, 0.717) is 51.0 Å². The number of carboxylic acids is 1. The van der Waals surface area contributed by atoms with Crippen LogP contribution in [0.15, 0.2) is 30.5 Å². The van der Waals surface area contributed by atoms with Crippen molar-refractivity contribution in [3.05, 3.63) is 41.7 Å². The summed E-state index contributed by atoms with van der Waals surface area (Å²) in [6.07, 6.45) is 0.740. The van der Waals surface area contributed by atoms with Crippen LogP contribution >= 0.6 is 0 Å². The number of aromatic nitrogens is 4. The average molecular weight is 716 g/mol. The Morgan fingerprint density at radius 2 is 1.51 bits per heavy atom. The Kier molecular flexibility index (Phi) is 15.9. The molecule has 0 radical (unpaired) electrons. The van der Waals surface area contributed by atoms with Crippen molar-refractivity contribution in [2.24, 2.45) is 0 Å². The molecule has 1 atom stereocenters. The highest BCUT2D eigenvalue weighted by Crippen LogP contribution is 2.19. The van der Waals surface area contributed by atoms with Crippen molar-refractivity contribution in [1.29, 1.82) is 0 Å². The van der Waals surface area contributed by atoms with E-state index in [2.05, 4.69) is 41.2 Å². The molecule has 0 fully saturated rings. The molecule has 0 aliphatic rings. The van der Waals surface area contributed by atoms with Crippen molar-refractivity contribution in [1.82, 2.24) is 35.9 Å². The van der Waals surface area contributed by atoms with Gasteiger partial charge in [-0.3, -0.25) is 9.59 Å². The Labute approximate surface area is 294 Å². The number of ether oxygens (including phenoxy) is 4. The van der Waals surface area contributed by atoms with Crippen LogP contribution < -0.4 is 27.0 Å². The third kappa shape index (κ3) is 15.4. The summed E-state index contributed by atoms with van der Waals surface area (Å²) in [5.74, 6) is -2.76. The van der Waals surface area contributed by atoms with Crippen LogP contribution in [0.1, 0.15) is 49.7 Å². The van der Waals surface area contributed by atoms with Gasteiger partial charge in [0.2, 0.25) is 17.7 Å². The number of rotatable bonds is 21. The second kappa shape index (κ2) is 20.3. The Balaban J connectivity index is 1.25. The first kappa shape index (κ1) is 40.0. The highest BCUT2D eigenvalue weighted by Gasteiger charge is 2.22. The minimum Gasteiger partial charge on any atom is -0.492 e. The quantitative estimate of drug-likeness (QED) is 0.0757. The fourth-order valence-electron chi connectivity index (χ4n) is 4.17. The smallest absolute Gasteiger partial charge is 0.407 e. The number of amides is 3. The number of hydrogen-bond donors (Lipinski definition) is 7. The number of carbonyl (C=O) groups excluding carboxylic acids is 3. The molecule has 2 aromatic heterocycles. The summed E-state index contributed by atoms with van der Waals surface area (Å²) in [6, 6.07) is 5.03. The monoisotopic (exact) mass is 715 g/mol. The van der Waals surface area contributed by atoms with E-state index in [0.717, 1.165) is 0 Å². The Morgan fingerprint density at radius 3 is 2.14 bits per heavy atom. The van der Waals surface area contributed by atoms with Gasteiger partial charge in [0.05, 0.1) is 58.1 Å². The summed E-state index contributed by atoms with van der Waals surface area (Å²) in [5, 5.41) is 30.3. The van der Waals surface area contributed by atoms with Crippen molar-refractivity contribution in [2.75, 3.05) is 63.8 Å². The van der Waals surface area contributed by atoms with Crippen LogP contribution in [0.2, 0.25) is 0 Å². The van der Waals surface area contributed by atoms with Crippen LogP contribution in [0, 0.1) is 0 Å². The normalized spacial score (nSPS) is 11.8. The number of nitrogens with one attached hydrogen (secondary N) is 4. The zero-order chi connectivity index (χ0) is 37.2. The van der Waals surface area contributed by atoms with Crippen molar-refractivity contribution in [3.8, 4) is 5.88 Å². The first-order valence-electron chi connectivity index (χ1n) is 16.1. The number of hydrogen-bond acceptors (Lipinski definition) is 15. The second-order valence-corrected chi connectivity index (χ2v) is 11.9. The van der Waals surface area contributed by atoms with Crippen LogP contribution in [0.4, 0.5) is 16.4 Å². The number of benzene rings is 1. The molecule has 3 amide bonds. The number of nitrogens with zero attached hydrogens (tertiary/aromatic N) is 4. The summed E-state index contributed by atoms with van der Waals surface area (Å²) in [4.78, 5) is 64.2. The van der Waals surface area contributed by atoms with Gasteiger partial charge >= 0.3 is 12.1 Å². The molecule has 51 heavy (non-hydrogen) atoms. The Morgan fingerprint density at radius 1 is 0.882 bits per heavy atom. The van der Waals surface area contributed by atoms with Crippen molar-refractivity contribution in [3.63, 3.8) is 0 Å². The van der Waals surface area contributed by atoms with Crippen LogP contribution in [-0.4, -0.2) is 118 Å². The lowest BCUT2D eigenvalue weighted by Gasteiger charge is -2.19. The maximum Gasteiger partial charge on any atom is 0.407 e. The number of fused-ring (bicyclic) bond motifs is 1. The largest absolute Gasteiger partial charge is 0.492 e. The van der Waals surface area contributed by atoms with Gasteiger partial charge in [-0.05, 0) is 51.5 Å². The summed E-state index contributed by atoms with van der Waals surface area (Å²) in [6.45, 7) is 7.99. The lowest BCUT2D eigenvalue weighted by atomic mass is 10.1. The zero-order valence-electron chi connectivity index (χ0n) is 28.8. The zero-order valence-corrected chi connectivity index (χ0v) is 28.8. The molecule has 19 heteroatoms. The molecule has 19 nitrogen and oxygen atoms in total. The molecule has 3 rings (SSSR count). The Bertz CT molecular complexity index is 1600. The van der Waals surface area contributed by atoms with Gasteiger partial charge in [0.1, 0.15) is 11.6 Å². The lowest BCUT2D eigenvalue weighted by molar-refractivity contribution is -0.139. The fraction of sp³-hybridized carbons (Fsp3) is 0.500. The van der Waals surface area contributed by atoms with E-state index in [1.807, 2.05) is 0 Å². The summed E-state index contributed by atoms with van der Waals surface area (Å²) < 4.78 is 21.3. The van der Waals surface area contributed by atoms with Crippen LogP contribution in [0.3, 0.4) is 0 Å². The van der Waals surface area contributed by atoms with E-state index < -0.39 is 29.6 Å². The van der Waals surface area contributed by atoms with E-state index in [-0.39, 0.29) is 67.0 Å². The molecular formula is C32H45N9O10. The minimum atomic E-state index is -1.28. The number of aromatic hydroxyl groups is 1. The summed E-state index contributed by atoms with van der Waals surface area (Å²) in [5.41, 5.74) is 6.57. The van der Waals surface area contributed by atoms with Gasteiger partial charge in [-0.25, -0.2) is 19.6 Å². The number of carboxylic acid groups (broad SMARTS) is 1. The molecule has 1 aromatic carbocycles. The van der Waals surface area contributed by atoms with E-state index in [1.165, 1.54) is 18.3 Å². The SMILES string of the molecule is CC(C)(C)OC(=O)NCCOCCOCCOCCNC(=O)CCC(NC(=O)c1ccc(NCc2cnc3nc(N)nc(O)c3n2)cc1)C(=O)O. The predicted molar refractivity (Wildman–Crippen MR) is 183 cm³/mol. The molecule has 3 aromatic rings. The molecule has 0 aliphatic carbocycles. The third-order valence-electron chi connectivity index (χ3n) is 6.57. The number of aliphatic carboxylic acids is 1. The van der Waals surface area contributed by atoms with E-state index in [9.17, 15) is 29.4 Å². The first-order chi connectivity index (χ1) is 24.3. The van der Waals surface area contributed by atoms with E-state index in [1.54, 1.807) is 32.9 Å². The third-order valence-corrected chi connectivity index (χ3v) is 6.57. The van der Waals surface area contributed by atoms with Gasteiger partial charge in [0.15, 0.2) is 11.2 Å². The molecule has 0 saturated heterocycles. The number of anilines is 2. The van der Waals surface area contributed by atoms with Crippen molar-refractivity contribution in [2.45, 2.75) is 51.8 Å². The number of nitrogens with two attached hydrogens (primary N) is 1. The van der Waals surface area contributed by atoms with Crippen molar-refractivity contribution < 1.29 is 48.3 Å². The van der Waals surface area contributed by atoms with Gasteiger partial charge in [0, 0.05) is 30.8 Å². The minimum absolute atomic E-state index is 0.108. The van der Waals surface area contributed by atoms with E-state index in [4.69, 9.17) is 24.7 Å². The highest BCUT2D eigenvalue weighted by atomic mass is 16.6. The molecule has 0 aliphatic heterocycles. The van der Waals surface area contributed by atoms with Gasteiger partial charge in [-0.15, -0.1) is 0 Å². The lowest BCUT2D eigenvalue weighted by Crippen LogP contribution is -2.41. The maximum absolute atomic E-state index is 12.7. The molecule has 2 heterocycles.